The van der Waals surface area contributed by atoms with Gasteiger partial charge in [0.2, 0.25) is 5.91 Å². The Morgan fingerprint density at radius 3 is 2.82 bits per heavy atom. The van der Waals surface area contributed by atoms with E-state index in [-0.39, 0.29) is 5.91 Å². The van der Waals surface area contributed by atoms with E-state index in [0.717, 1.165) is 19.5 Å². The van der Waals surface area contributed by atoms with Crippen molar-refractivity contribution in [3.05, 3.63) is 12.7 Å². The van der Waals surface area contributed by atoms with E-state index >= 15 is 0 Å². The SMILES string of the molecule is C=CC(=O)N(C)CCCNC. The highest BCUT2D eigenvalue weighted by Gasteiger charge is 2.01. The Hall–Kier alpha value is -0.830. The maximum absolute atomic E-state index is 10.9. The molecule has 0 aromatic carbocycles. The predicted octanol–water partition coefficient (Wildman–Crippen LogP) is 0.240. The first-order valence-corrected chi connectivity index (χ1v) is 3.74. The smallest absolute Gasteiger partial charge is 0.245 e. The molecule has 0 bridgehead atoms. The number of rotatable bonds is 5. The second-order valence-electron chi connectivity index (χ2n) is 2.42. The largest absolute Gasteiger partial charge is 0.342 e. The summed E-state index contributed by atoms with van der Waals surface area (Å²) >= 11 is 0. The molecule has 0 spiro atoms. The summed E-state index contributed by atoms with van der Waals surface area (Å²) in [6.07, 6.45) is 2.31. The van der Waals surface area contributed by atoms with Gasteiger partial charge >= 0.3 is 0 Å². The fraction of sp³-hybridized carbons (Fsp3) is 0.625. The minimum Gasteiger partial charge on any atom is -0.342 e. The van der Waals surface area contributed by atoms with Gasteiger partial charge < -0.3 is 10.2 Å². The van der Waals surface area contributed by atoms with Crippen LogP contribution in [-0.2, 0) is 4.79 Å². The van der Waals surface area contributed by atoms with Gasteiger partial charge in [0.05, 0.1) is 0 Å². The van der Waals surface area contributed by atoms with E-state index in [0.29, 0.717) is 0 Å². The average molecular weight is 156 g/mol. The highest BCUT2D eigenvalue weighted by Crippen LogP contribution is 1.87. The third-order valence-electron chi connectivity index (χ3n) is 1.47. The normalized spacial score (nSPS) is 9.27. The van der Waals surface area contributed by atoms with Crippen LogP contribution in [-0.4, -0.2) is 38.0 Å². The lowest BCUT2D eigenvalue weighted by molar-refractivity contribution is -0.124. The number of likely N-dealkylation sites (N-methyl/N-ethyl adjacent to an activating group) is 1. The number of hydrogen-bond donors (Lipinski definition) is 1. The van der Waals surface area contributed by atoms with Gasteiger partial charge in [-0.05, 0) is 26.1 Å². The van der Waals surface area contributed by atoms with Crippen molar-refractivity contribution in [1.82, 2.24) is 10.2 Å². The quantitative estimate of drug-likeness (QED) is 0.457. The molecule has 0 saturated carbocycles. The molecule has 0 rings (SSSR count). The maximum Gasteiger partial charge on any atom is 0.245 e. The Morgan fingerprint density at radius 1 is 1.73 bits per heavy atom. The summed E-state index contributed by atoms with van der Waals surface area (Å²) in [5.74, 6) is -0.0129. The van der Waals surface area contributed by atoms with E-state index in [4.69, 9.17) is 0 Å². The van der Waals surface area contributed by atoms with Crippen molar-refractivity contribution in [2.45, 2.75) is 6.42 Å². The Balaban J connectivity index is 3.43. The fourth-order valence-electron chi connectivity index (χ4n) is 0.759. The van der Waals surface area contributed by atoms with Crippen LogP contribution in [0.3, 0.4) is 0 Å². The van der Waals surface area contributed by atoms with Crippen molar-refractivity contribution in [3.8, 4) is 0 Å². The monoisotopic (exact) mass is 156 g/mol. The van der Waals surface area contributed by atoms with E-state index in [2.05, 4.69) is 11.9 Å². The molecule has 3 heteroatoms. The molecular weight excluding hydrogens is 140 g/mol. The van der Waals surface area contributed by atoms with Crippen LogP contribution in [0.1, 0.15) is 6.42 Å². The third-order valence-corrected chi connectivity index (χ3v) is 1.47. The summed E-state index contributed by atoms with van der Waals surface area (Å²) in [5.41, 5.74) is 0. The lowest BCUT2D eigenvalue weighted by atomic mass is 10.4. The maximum atomic E-state index is 10.9. The van der Waals surface area contributed by atoms with Gasteiger partial charge in [0, 0.05) is 13.6 Å². The zero-order valence-electron chi connectivity index (χ0n) is 7.26. The average Bonchev–Trinajstić information content (AvgIpc) is 2.03. The highest BCUT2D eigenvalue weighted by molar-refractivity contribution is 5.86. The molecule has 0 saturated heterocycles. The van der Waals surface area contributed by atoms with Crippen molar-refractivity contribution in [2.75, 3.05) is 27.2 Å². The Morgan fingerprint density at radius 2 is 2.36 bits per heavy atom. The zero-order chi connectivity index (χ0) is 8.69. The summed E-state index contributed by atoms with van der Waals surface area (Å²) in [7, 11) is 3.68. The van der Waals surface area contributed by atoms with Crippen LogP contribution in [0.5, 0.6) is 0 Å². The summed E-state index contributed by atoms with van der Waals surface area (Å²) in [5, 5.41) is 3.02. The summed E-state index contributed by atoms with van der Waals surface area (Å²) in [6, 6.07) is 0. The van der Waals surface area contributed by atoms with E-state index in [1.54, 1.807) is 11.9 Å². The molecule has 0 atom stereocenters. The van der Waals surface area contributed by atoms with Gasteiger partial charge in [-0.1, -0.05) is 6.58 Å². The Kier molecular flexibility index (Phi) is 5.47. The molecule has 0 aromatic rings. The molecule has 0 aliphatic rings. The van der Waals surface area contributed by atoms with Gasteiger partial charge in [0.25, 0.3) is 0 Å². The molecule has 0 aliphatic heterocycles. The molecule has 0 fully saturated rings. The molecular formula is C8H16N2O. The van der Waals surface area contributed by atoms with Crippen LogP contribution in [0.15, 0.2) is 12.7 Å². The van der Waals surface area contributed by atoms with Crippen molar-refractivity contribution in [1.29, 1.82) is 0 Å². The first kappa shape index (κ1) is 10.2. The van der Waals surface area contributed by atoms with Crippen molar-refractivity contribution < 1.29 is 4.79 Å². The third kappa shape index (κ3) is 4.56. The zero-order valence-corrected chi connectivity index (χ0v) is 7.26. The van der Waals surface area contributed by atoms with Crippen molar-refractivity contribution in [3.63, 3.8) is 0 Å². The van der Waals surface area contributed by atoms with Crippen LogP contribution in [0, 0.1) is 0 Å². The Labute approximate surface area is 68.1 Å². The molecule has 3 nitrogen and oxygen atoms in total. The number of amides is 1. The number of nitrogens with one attached hydrogen (secondary N) is 1. The predicted molar refractivity (Wildman–Crippen MR) is 46.4 cm³/mol. The summed E-state index contributed by atoms with van der Waals surface area (Å²) in [4.78, 5) is 12.6. The fourth-order valence-corrected chi connectivity index (χ4v) is 0.759. The second-order valence-corrected chi connectivity index (χ2v) is 2.42. The summed E-state index contributed by atoms with van der Waals surface area (Å²) < 4.78 is 0. The van der Waals surface area contributed by atoms with Gasteiger partial charge in [0.1, 0.15) is 0 Å². The van der Waals surface area contributed by atoms with Gasteiger partial charge in [-0.25, -0.2) is 0 Å². The van der Waals surface area contributed by atoms with Gasteiger partial charge in [-0.2, -0.15) is 0 Å². The standard InChI is InChI=1S/C8H16N2O/c1-4-8(11)10(3)7-5-6-9-2/h4,9H,1,5-7H2,2-3H3. The van der Waals surface area contributed by atoms with Crippen LogP contribution >= 0.6 is 0 Å². The number of carbonyl (C=O) groups excluding carboxylic acids is 1. The van der Waals surface area contributed by atoms with Gasteiger partial charge in [-0.15, -0.1) is 0 Å². The number of nitrogens with zero attached hydrogens (tertiary/aromatic N) is 1. The molecule has 1 amide bonds. The van der Waals surface area contributed by atoms with Crippen LogP contribution < -0.4 is 5.32 Å². The molecule has 0 unspecified atom stereocenters. The highest BCUT2D eigenvalue weighted by atomic mass is 16.2. The minimum atomic E-state index is -0.0129. The van der Waals surface area contributed by atoms with Crippen LogP contribution in [0.4, 0.5) is 0 Å². The molecule has 1 N–H and O–H groups in total. The van der Waals surface area contributed by atoms with Crippen molar-refractivity contribution in [2.24, 2.45) is 0 Å². The summed E-state index contributed by atoms with van der Waals surface area (Å²) in [6.45, 7) is 5.13. The van der Waals surface area contributed by atoms with Gasteiger partial charge in [-0.3, -0.25) is 4.79 Å². The molecule has 0 heterocycles. The Bertz CT molecular complexity index is 134. The first-order chi connectivity index (χ1) is 5.22. The van der Waals surface area contributed by atoms with Crippen LogP contribution in [0.25, 0.3) is 0 Å². The number of hydrogen-bond acceptors (Lipinski definition) is 2. The van der Waals surface area contributed by atoms with E-state index < -0.39 is 0 Å². The van der Waals surface area contributed by atoms with Crippen molar-refractivity contribution >= 4 is 5.91 Å². The second kappa shape index (κ2) is 5.92. The molecule has 0 aliphatic carbocycles. The van der Waals surface area contributed by atoms with E-state index in [1.165, 1.54) is 6.08 Å². The van der Waals surface area contributed by atoms with E-state index in [9.17, 15) is 4.79 Å². The topological polar surface area (TPSA) is 32.3 Å². The molecule has 0 aromatic heterocycles. The minimum absolute atomic E-state index is 0.0129. The lowest BCUT2D eigenvalue weighted by Crippen LogP contribution is -2.27. The van der Waals surface area contributed by atoms with Crippen LogP contribution in [0.2, 0.25) is 0 Å². The molecule has 0 radical (unpaired) electrons. The lowest BCUT2D eigenvalue weighted by Gasteiger charge is -2.13. The van der Waals surface area contributed by atoms with Gasteiger partial charge in [0.15, 0.2) is 0 Å². The first-order valence-electron chi connectivity index (χ1n) is 3.74. The van der Waals surface area contributed by atoms with E-state index in [1.807, 2.05) is 7.05 Å². The number of carbonyl (C=O) groups is 1. The molecule has 64 valence electrons. The molecule has 11 heavy (non-hydrogen) atoms.